The first-order valence-corrected chi connectivity index (χ1v) is 4.82. The molecule has 0 saturated carbocycles. The molecule has 0 aliphatic heterocycles. The van der Waals surface area contributed by atoms with Crippen LogP contribution in [0.3, 0.4) is 0 Å². The third-order valence-electron chi connectivity index (χ3n) is 2.10. The van der Waals surface area contributed by atoms with E-state index in [2.05, 4.69) is 25.0 Å². The molecule has 0 fully saturated rings. The Bertz CT molecular complexity index is 615. The number of carbonyl (C=O) groups is 1. The number of methoxy groups -OCH3 is 1. The number of hydrogen-bond acceptors (Lipinski definition) is 5. The van der Waals surface area contributed by atoms with Gasteiger partial charge in [-0.05, 0) is 0 Å². The molecular weight excluding hydrogens is 226 g/mol. The lowest BCUT2D eigenvalue weighted by molar-refractivity contribution is -0.119. The number of ether oxygens (including phenoxy) is 1. The highest BCUT2D eigenvalue weighted by atomic mass is 16.5. The predicted molar refractivity (Wildman–Crippen MR) is 59.6 cm³/mol. The molecule has 1 amide bonds. The van der Waals surface area contributed by atoms with Crippen molar-refractivity contribution in [2.75, 3.05) is 19.0 Å². The monoisotopic (exact) mass is 237 g/mol. The Balaban J connectivity index is 2.39. The highest BCUT2D eigenvalue weighted by Crippen LogP contribution is 2.05. The topological polar surface area (TPSA) is 102 Å². The fourth-order valence-corrected chi connectivity index (χ4v) is 1.37. The number of carbonyl (C=O) groups excluding carboxylic acids is 1. The molecule has 2 N–H and O–H groups in total. The average molecular weight is 237 g/mol. The molecule has 90 valence electrons. The summed E-state index contributed by atoms with van der Waals surface area (Å²) in [6, 6.07) is 0. The number of hydrogen-bond donors (Lipinski definition) is 2. The van der Waals surface area contributed by atoms with Crippen LogP contribution in [0.15, 0.2) is 11.1 Å². The molecule has 0 atom stereocenters. The van der Waals surface area contributed by atoms with Gasteiger partial charge in [0.1, 0.15) is 6.61 Å². The lowest BCUT2D eigenvalue weighted by Crippen LogP contribution is -2.21. The van der Waals surface area contributed by atoms with E-state index >= 15 is 0 Å². The molecule has 0 radical (unpaired) electrons. The van der Waals surface area contributed by atoms with E-state index in [1.807, 2.05) is 0 Å². The zero-order valence-corrected chi connectivity index (χ0v) is 9.35. The number of imidazole rings is 1. The quantitative estimate of drug-likeness (QED) is 0.730. The second-order valence-electron chi connectivity index (χ2n) is 3.42. The second-order valence-corrected chi connectivity index (χ2v) is 3.42. The molecule has 0 saturated heterocycles. The summed E-state index contributed by atoms with van der Waals surface area (Å²) in [7, 11) is 3.11. The lowest BCUT2D eigenvalue weighted by Gasteiger charge is -2.03. The maximum Gasteiger partial charge on any atom is 0.280 e. The second kappa shape index (κ2) is 4.34. The fraction of sp³-hybridized carbons (Fsp3) is 0.333. The van der Waals surface area contributed by atoms with Crippen molar-refractivity contribution in [2.45, 2.75) is 0 Å². The van der Waals surface area contributed by atoms with Crippen LogP contribution in [0.2, 0.25) is 0 Å². The van der Waals surface area contributed by atoms with E-state index in [0.29, 0.717) is 5.65 Å². The summed E-state index contributed by atoms with van der Waals surface area (Å²) in [5.41, 5.74) is 0.238. The van der Waals surface area contributed by atoms with Gasteiger partial charge >= 0.3 is 0 Å². The van der Waals surface area contributed by atoms with Crippen LogP contribution in [0.5, 0.6) is 0 Å². The van der Waals surface area contributed by atoms with E-state index in [-0.39, 0.29) is 18.1 Å². The molecule has 2 rings (SSSR count). The van der Waals surface area contributed by atoms with Gasteiger partial charge in [0, 0.05) is 14.2 Å². The maximum absolute atomic E-state index is 11.6. The van der Waals surface area contributed by atoms with E-state index in [9.17, 15) is 9.59 Å². The summed E-state index contributed by atoms with van der Waals surface area (Å²) in [5, 5.41) is 2.42. The van der Waals surface area contributed by atoms with Crippen LogP contribution >= 0.6 is 0 Å². The molecule has 0 aliphatic rings. The number of H-pyrrole nitrogens is 1. The van der Waals surface area contributed by atoms with Crippen molar-refractivity contribution >= 4 is 23.0 Å². The molecule has 8 nitrogen and oxygen atoms in total. The number of fused-ring (bicyclic) bond motifs is 1. The number of aromatic amines is 1. The smallest absolute Gasteiger partial charge is 0.280 e. The largest absolute Gasteiger partial charge is 0.375 e. The SMILES string of the molecule is COCC(=O)Nc1nc2c(ncn2C)c(=O)[nH]1. The highest BCUT2D eigenvalue weighted by molar-refractivity contribution is 5.90. The lowest BCUT2D eigenvalue weighted by atomic mass is 10.5. The highest BCUT2D eigenvalue weighted by Gasteiger charge is 2.10. The van der Waals surface area contributed by atoms with Gasteiger partial charge in [0.05, 0.1) is 6.33 Å². The zero-order valence-electron chi connectivity index (χ0n) is 9.35. The fourth-order valence-electron chi connectivity index (χ4n) is 1.37. The normalized spacial score (nSPS) is 10.7. The third-order valence-corrected chi connectivity index (χ3v) is 2.10. The van der Waals surface area contributed by atoms with Gasteiger partial charge in [-0.3, -0.25) is 19.9 Å². The third kappa shape index (κ3) is 2.16. The van der Waals surface area contributed by atoms with Crippen LogP contribution < -0.4 is 10.9 Å². The summed E-state index contributed by atoms with van der Waals surface area (Å²) in [5.74, 6) is -0.315. The first kappa shape index (κ1) is 11.3. The number of aryl methyl sites for hydroxylation is 1. The molecule has 2 aromatic heterocycles. The van der Waals surface area contributed by atoms with E-state index in [4.69, 9.17) is 0 Å². The van der Waals surface area contributed by atoms with Gasteiger partial charge in [-0.1, -0.05) is 0 Å². The van der Waals surface area contributed by atoms with E-state index in [1.54, 1.807) is 11.6 Å². The summed E-state index contributed by atoms with van der Waals surface area (Å²) in [4.78, 5) is 33.3. The molecule has 0 aromatic carbocycles. The van der Waals surface area contributed by atoms with E-state index in [1.165, 1.54) is 13.4 Å². The maximum atomic E-state index is 11.6. The molecule has 0 aliphatic carbocycles. The molecule has 2 aromatic rings. The summed E-state index contributed by atoms with van der Waals surface area (Å²) >= 11 is 0. The minimum atomic E-state index is -0.400. The molecule has 0 spiro atoms. The average Bonchev–Trinajstić information content (AvgIpc) is 2.61. The van der Waals surface area contributed by atoms with Gasteiger partial charge in [0.2, 0.25) is 5.95 Å². The van der Waals surface area contributed by atoms with Crippen LogP contribution in [0, 0.1) is 0 Å². The number of anilines is 1. The minimum Gasteiger partial charge on any atom is -0.375 e. The Morgan fingerprint density at radius 3 is 3.12 bits per heavy atom. The van der Waals surface area contributed by atoms with Gasteiger partial charge in [-0.15, -0.1) is 0 Å². The van der Waals surface area contributed by atoms with Crippen molar-refractivity contribution in [3.05, 3.63) is 16.7 Å². The number of aromatic nitrogens is 4. The summed E-state index contributed by atoms with van der Waals surface area (Å²) in [6.45, 7) is -0.104. The van der Waals surface area contributed by atoms with Crippen molar-refractivity contribution in [3.63, 3.8) is 0 Å². The van der Waals surface area contributed by atoms with Crippen LogP contribution in [0.1, 0.15) is 0 Å². The molecule has 0 unspecified atom stereocenters. The van der Waals surface area contributed by atoms with Crippen molar-refractivity contribution < 1.29 is 9.53 Å². The Labute approximate surface area is 95.6 Å². The molecule has 2 heterocycles. The molecular formula is C9H11N5O3. The van der Waals surface area contributed by atoms with Gasteiger partial charge < -0.3 is 9.30 Å². The Morgan fingerprint density at radius 1 is 1.65 bits per heavy atom. The van der Waals surface area contributed by atoms with E-state index < -0.39 is 11.5 Å². The van der Waals surface area contributed by atoms with Gasteiger partial charge in [-0.2, -0.15) is 4.98 Å². The van der Waals surface area contributed by atoms with Crippen molar-refractivity contribution in [2.24, 2.45) is 7.05 Å². The molecule has 17 heavy (non-hydrogen) atoms. The Hall–Kier alpha value is -2.22. The Kier molecular flexibility index (Phi) is 2.88. The summed E-state index contributed by atoms with van der Waals surface area (Å²) < 4.78 is 6.25. The van der Waals surface area contributed by atoms with E-state index in [0.717, 1.165) is 0 Å². The van der Waals surface area contributed by atoms with Gasteiger partial charge in [0.25, 0.3) is 11.5 Å². The van der Waals surface area contributed by atoms with Gasteiger partial charge in [-0.25, -0.2) is 4.98 Å². The predicted octanol–water partition coefficient (Wildman–Crippen LogP) is -0.759. The van der Waals surface area contributed by atoms with Crippen LogP contribution in [0.25, 0.3) is 11.2 Å². The Morgan fingerprint density at radius 2 is 2.41 bits per heavy atom. The zero-order chi connectivity index (χ0) is 12.4. The molecule has 8 heteroatoms. The number of nitrogens with zero attached hydrogens (tertiary/aromatic N) is 3. The first-order chi connectivity index (χ1) is 8.11. The van der Waals surface area contributed by atoms with Gasteiger partial charge in [0.15, 0.2) is 11.2 Å². The van der Waals surface area contributed by atoms with Crippen molar-refractivity contribution in [3.8, 4) is 0 Å². The van der Waals surface area contributed by atoms with Crippen LogP contribution in [-0.4, -0.2) is 39.1 Å². The van der Waals surface area contributed by atoms with Crippen LogP contribution in [0.4, 0.5) is 5.95 Å². The van der Waals surface area contributed by atoms with Crippen molar-refractivity contribution in [1.82, 2.24) is 19.5 Å². The number of rotatable bonds is 3. The first-order valence-electron chi connectivity index (χ1n) is 4.82. The summed E-state index contributed by atoms with van der Waals surface area (Å²) in [6.07, 6.45) is 1.48. The van der Waals surface area contributed by atoms with Crippen molar-refractivity contribution in [1.29, 1.82) is 0 Å². The number of nitrogens with one attached hydrogen (secondary N) is 2. The molecule has 0 bridgehead atoms. The number of amides is 1. The van der Waals surface area contributed by atoms with Crippen LogP contribution in [-0.2, 0) is 16.6 Å². The minimum absolute atomic E-state index is 0.0770. The standard InChI is InChI=1S/C9H11N5O3/c1-14-4-10-6-7(14)12-9(13-8(6)16)11-5(15)3-17-2/h4H,3H2,1-2H3,(H2,11,12,13,15,16).